The van der Waals surface area contributed by atoms with Gasteiger partial charge in [0, 0.05) is 17.6 Å². The minimum absolute atomic E-state index is 0.0362. The molecule has 1 saturated heterocycles. The molecule has 2 heterocycles. The summed E-state index contributed by atoms with van der Waals surface area (Å²) in [7, 11) is 0. The van der Waals surface area contributed by atoms with Crippen LogP contribution >= 0.6 is 11.6 Å². The lowest BCUT2D eigenvalue weighted by Gasteiger charge is -2.39. The molecule has 6 heteroatoms. The normalized spacial score (nSPS) is 27.0. The van der Waals surface area contributed by atoms with E-state index in [1.165, 1.54) is 0 Å². The van der Waals surface area contributed by atoms with Crippen molar-refractivity contribution in [3.63, 3.8) is 0 Å². The summed E-state index contributed by atoms with van der Waals surface area (Å²) >= 11 is 6.03. The van der Waals surface area contributed by atoms with Crippen LogP contribution in [0.3, 0.4) is 0 Å². The van der Waals surface area contributed by atoms with Crippen LogP contribution in [0.5, 0.6) is 5.75 Å². The van der Waals surface area contributed by atoms with Crippen LogP contribution in [0, 0.1) is 11.8 Å². The zero-order valence-electron chi connectivity index (χ0n) is 13.1. The number of hydrogen-bond donors (Lipinski definition) is 1. The Labute approximate surface area is 140 Å². The lowest BCUT2D eigenvalue weighted by molar-refractivity contribution is -0.142. The summed E-state index contributed by atoms with van der Waals surface area (Å²) in [6.45, 7) is 2.79. The number of piperidine rings is 1. The predicted octanol–water partition coefficient (Wildman–Crippen LogP) is 2.00. The van der Waals surface area contributed by atoms with Crippen LogP contribution in [0.1, 0.15) is 25.3 Å². The highest BCUT2D eigenvalue weighted by Crippen LogP contribution is 2.32. The molecule has 5 nitrogen and oxygen atoms in total. The quantitative estimate of drug-likeness (QED) is 0.897. The van der Waals surface area contributed by atoms with E-state index in [2.05, 4.69) is 0 Å². The first-order chi connectivity index (χ1) is 11.0. The summed E-state index contributed by atoms with van der Waals surface area (Å²) in [6, 6.07) is 5.60. The number of amides is 2. The molecule has 0 bridgehead atoms. The molecule has 2 amide bonds. The van der Waals surface area contributed by atoms with E-state index in [0.717, 1.165) is 24.2 Å². The number of rotatable bonds is 2. The average molecular weight is 337 g/mol. The largest absolute Gasteiger partial charge is 0.492 e. The van der Waals surface area contributed by atoms with E-state index in [9.17, 15) is 9.59 Å². The van der Waals surface area contributed by atoms with Crippen molar-refractivity contribution in [2.24, 2.45) is 17.6 Å². The van der Waals surface area contributed by atoms with Gasteiger partial charge in [0.1, 0.15) is 12.4 Å². The summed E-state index contributed by atoms with van der Waals surface area (Å²) in [4.78, 5) is 26.1. The molecule has 23 heavy (non-hydrogen) atoms. The third-order valence-electron chi connectivity index (χ3n) is 4.85. The number of nitrogens with zero attached hydrogens (tertiary/aromatic N) is 1. The van der Waals surface area contributed by atoms with E-state index in [4.69, 9.17) is 22.1 Å². The standard InChI is InChI=1S/C17H21ClN2O3/c1-10-2-3-11(16(19)21)8-20(10)17(22)13-6-12-7-14(18)4-5-15(12)23-9-13/h4-5,7,10-11,13H,2-3,6,8-9H2,1H3,(H2,19,21)/t10-,11+,13+/m1/s1. The number of likely N-dealkylation sites (tertiary alicyclic amines) is 1. The van der Waals surface area contributed by atoms with Crippen LogP contribution < -0.4 is 10.5 Å². The molecule has 0 unspecified atom stereocenters. The van der Waals surface area contributed by atoms with Crippen LogP contribution in [0.25, 0.3) is 0 Å². The summed E-state index contributed by atoms with van der Waals surface area (Å²) in [5.41, 5.74) is 6.37. The number of carbonyl (C=O) groups excluding carboxylic acids is 2. The molecule has 0 saturated carbocycles. The highest BCUT2D eigenvalue weighted by Gasteiger charge is 2.36. The van der Waals surface area contributed by atoms with Gasteiger partial charge in [-0.15, -0.1) is 0 Å². The minimum Gasteiger partial charge on any atom is -0.492 e. The van der Waals surface area contributed by atoms with Crippen LogP contribution in [-0.2, 0) is 16.0 Å². The maximum absolute atomic E-state index is 12.9. The lowest BCUT2D eigenvalue weighted by atomic mass is 9.89. The molecule has 0 radical (unpaired) electrons. The van der Waals surface area contributed by atoms with Crippen molar-refractivity contribution < 1.29 is 14.3 Å². The van der Waals surface area contributed by atoms with Crippen molar-refractivity contribution in [1.29, 1.82) is 0 Å². The fourth-order valence-corrected chi connectivity index (χ4v) is 3.60. The van der Waals surface area contributed by atoms with Gasteiger partial charge in [0.2, 0.25) is 11.8 Å². The van der Waals surface area contributed by atoms with Crippen molar-refractivity contribution in [1.82, 2.24) is 4.90 Å². The number of halogens is 1. The zero-order chi connectivity index (χ0) is 16.6. The second kappa shape index (κ2) is 6.40. The zero-order valence-corrected chi connectivity index (χ0v) is 13.9. The van der Waals surface area contributed by atoms with E-state index in [1.807, 2.05) is 19.1 Å². The first-order valence-electron chi connectivity index (χ1n) is 7.96. The van der Waals surface area contributed by atoms with Crippen molar-refractivity contribution in [3.05, 3.63) is 28.8 Å². The number of hydrogen-bond acceptors (Lipinski definition) is 3. The van der Waals surface area contributed by atoms with E-state index >= 15 is 0 Å². The van der Waals surface area contributed by atoms with Gasteiger partial charge in [-0.25, -0.2) is 0 Å². The van der Waals surface area contributed by atoms with E-state index in [0.29, 0.717) is 24.6 Å². The number of primary amides is 1. The first-order valence-corrected chi connectivity index (χ1v) is 8.34. The van der Waals surface area contributed by atoms with Gasteiger partial charge >= 0.3 is 0 Å². The molecular formula is C17H21ClN2O3. The van der Waals surface area contributed by atoms with Gasteiger partial charge in [-0.05, 0) is 49.9 Å². The van der Waals surface area contributed by atoms with Crippen molar-refractivity contribution in [2.45, 2.75) is 32.2 Å². The van der Waals surface area contributed by atoms with Crippen LogP contribution in [0.4, 0.5) is 0 Å². The molecule has 124 valence electrons. The Bertz CT molecular complexity index is 634. The minimum atomic E-state index is -0.327. The fraction of sp³-hybridized carbons (Fsp3) is 0.529. The van der Waals surface area contributed by atoms with Gasteiger partial charge in [-0.3, -0.25) is 9.59 Å². The van der Waals surface area contributed by atoms with E-state index < -0.39 is 0 Å². The average Bonchev–Trinajstić information content (AvgIpc) is 2.53. The fourth-order valence-electron chi connectivity index (χ4n) is 3.40. The summed E-state index contributed by atoms with van der Waals surface area (Å²) in [6.07, 6.45) is 2.16. The second-order valence-electron chi connectivity index (χ2n) is 6.48. The third-order valence-corrected chi connectivity index (χ3v) is 5.08. The Morgan fingerprint density at radius 3 is 2.83 bits per heavy atom. The van der Waals surface area contributed by atoms with Crippen molar-refractivity contribution >= 4 is 23.4 Å². The van der Waals surface area contributed by atoms with Crippen LogP contribution in [0.2, 0.25) is 5.02 Å². The molecular weight excluding hydrogens is 316 g/mol. The molecule has 1 fully saturated rings. The summed E-state index contributed by atoms with van der Waals surface area (Å²) < 4.78 is 5.71. The number of fused-ring (bicyclic) bond motifs is 1. The third kappa shape index (κ3) is 3.29. The topological polar surface area (TPSA) is 72.6 Å². The Balaban J connectivity index is 1.74. The molecule has 2 N–H and O–H groups in total. The van der Waals surface area contributed by atoms with E-state index in [1.54, 1.807) is 11.0 Å². The summed E-state index contributed by atoms with van der Waals surface area (Å²) in [5.74, 6) is 0.0115. The highest BCUT2D eigenvalue weighted by molar-refractivity contribution is 6.30. The van der Waals surface area contributed by atoms with Crippen molar-refractivity contribution in [2.75, 3.05) is 13.2 Å². The van der Waals surface area contributed by atoms with E-state index in [-0.39, 0.29) is 29.7 Å². The van der Waals surface area contributed by atoms with Gasteiger partial charge in [-0.2, -0.15) is 0 Å². The van der Waals surface area contributed by atoms with Gasteiger partial charge < -0.3 is 15.4 Å². The maximum Gasteiger partial charge on any atom is 0.229 e. The molecule has 3 atom stereocenters. The highest BCUT2D eigenvalue weighted by atomic mass is 35.5. The second-order valence-corrected chi connectivity index (χ2v) is 6.92. The van der Waals surface area contributed by atoms with Crippen LogP contribution in [0.15, 0.2) is 18.2 Å². The number of carbonyl (C=O) groups is 2. The lowest BCUT2D eigenvalue weighted by Crippen LogP contribution is -2.51. The monoisotopic (exact) mass is 336 g/mol. The smallest absolute Gasteiger partial charge is 0.229 e. The molecule has 0 aliphatic carbocycles. The van der Waals surface area contributed by atoms with Crippen LogP contribution in [-0.4, -0.2) is 35.9 Å². The molecule has 2 aliphatic heterocycles. The Morgan fingerprint density at radius 2 is 2.09 bits per heavy atom. The van der Waals surface area contributed by atoms with Gasteiger partial charge in [-0.1, -0.05) is 11.6 Å². The van der Waals surface area contributed by atoms with Gasteiger partial charge in [0.05, 0.1) is 11.8 Å². The number of nitrogens with two attached hydrogens (primary N) is 1. The molecule has 3 rings (SSSR count). The SMILES string of the molecule is C[C@@H]1CC[C@H](C(N)=O)CN1C(=O)[C@@H]1COc2ccc(Cl)cc2C1. The predicted molar refractivity (Wildman–Crippen MR) is 87.2 cm³/mol. The molecule has 0 aromatic heterocycles. The van der Waals surface area contributed by atoms with Gasteiger partial charge in [0.15, 0.2) is 0 Å². The summed E-state index contributed by atoms with van der Waals surface area (Å²) in [5, 5.41) is 0.639. The van der Waals surface area contributed by atoms with Gasteiger partial charge in [0.25, 0.3) is 0 Å². The Kier molecular flexibility index (Phi) is 4.48. The molecule has 1 aromatic carbocycles. The molecule has 1 aromatic rings. The number of benzene rings is 1. The Hall–Kier alpha value is -1.75. The maximum atomic E-state index is 12.9. The van der Waals surface area contributed by atoms with Crippen molar-refractivity contribution in [3.8, 4) is 5.75 Å². The number of ether oxygens (including phenoxy) is 1. The Morgan fingerprint density at radius 1 is 1.30 bits per heavy atom. The molecule has 2 aliphatic rings. The molecule has 0 spiro atoms. The first kappa shape index (κ1) is 16.1.